The summed E-state index contributed by atoms with van der Waals surface area (Å²) < 4.78 is 64.5. The molecule has 2 heterocycles. The van der Waals surface area contributed by atoms with Gasteiger partial charge in [0.1, 0.15) is 5.75 Å². The molecule has 0 aliphatic carbocycles. The number of ether oxygens (including phenoxy) is 1. The van der Waals surface area contributed by atoms with Gasteiger partial charge >= 0.3 is 15.6 Å². The molecule has 0 spiro atoms. The maximum atomic E-state index is 10.7. The zero-order valence-electron chi connectivity index (χ0n) is 16.9. The van der Waals surface area contributed by atoms with E-state index in [0.29, 0.717) is 0 Å². The minimum Gasteiger partial charge on any atom is -0.494 e. The topological polar surface area (TPSA) is 66.8 Å². The number of thiophene rings is 1. The minimum absolute atomic E-state index is 0.725. The lowest BCUT2D eigenvalue weighted by Gasteiger charge is -2.26. The lowest BCUT2D eigenvalue weighted by molar-refractivity contribution is -0.0510. The fraction of sp³-hybridized carbons (Fsp3) is 0.500. The largest absolute Gasteiger partial charge is 0.522 e. The van der Waals surface area contributed by atoms with Gasteiger partial charge in [0, 0.05) is 23.2 Å². The summed E-state index contributed by atoms with van der Waals surface area (Å²) >= 11 is 1.83. The van der Waals surface area contributed by atoms with E-state index in [9.17, 15) is 13.2 Å². The quantitative estimate of drug-likeness (QED) is 0.445. The first-order valence-electron chi connectivity index (χ1n) is 9.66. The van der Waals surface area contributed by atoms with Crippen LogP contribution in [0.2, 0.25) is 0 Å². The molecule has 1 aromatic carbocycles. The fourth-order valence-corrected chi connectivity index (χ4v) is 4.07. The van der Waals surface area contributed by atoms with Crippen molar-refractivity contribution >= 4 is 37.1 Å². The molecule has 5 nitrogen and oxygen atoms in total. The molecule has 30 heavy (non-hydrogen) atoms. The fourth-order valence-electron chi connectivity index (χ4n) is 3.05. The molecule has 0 bridgehead atoms. The van der Waals surface area contributed by atoms with Crippen LogP contribution in [0.1, 0.15) is 38.7 Å². The number of fused-ring (bicyclic) bond motifs is 1. The van der Waals surface area contributed by atoms with Crippen molar-refractivity contribution in [2.24, 2.45) is 0 Å². The van der Waals surface area contributed by atoms with E-state index in [1.807, 2.05) is 18.3 Å². The molecule has 0 radical (unpaired) electrons. The molecular formula is C20H26F3NO4S2. The highest BCUT2D eigenvalue weighted by atomic mass is 32.2. The molecule has 0 saturated heterocycles. The van der Waals surface area contributed by atoms with Gasteiger partial charge in [0.05, 0.1) is 6.61 Å². The summed E-state index contributed by atoms with van der Waals surface area (Å²) in [6.07, 6.45) is 6.19. The molecule has 3 rings (SSSR count). The van der Waals surface area contributed by atoms with Crippen molar-refractivity contribution in [1.29, 1.82) is 0 Å². The van der Waals surface area contributed by atoms with Crippen molar-refractivity contribution in [2.75, 3.05) is 26.2 Å². The predicted octanol–water partition coefficient (Wildman–Crippen LogP) is 5.58. The van der Waals surface area contributed by atoms with Gasteiger partial charge < -0.3 is 4.74 Å². The molecule has 1 aliphatic rings. The highest BCUT2D eigenvalue weighted by molar-refractivity contribution is 7.86. The molecule has 0 fully saturated rings. The number of benzene rings is 1. The molecule has 0 unspecified atom stereocenters. The van der Waals surface area contributed by atoms with E-state index in [1.165, 1.54) is 53.6 Å². The van der Waals surface area contributed by atoms with Crippen LogP contribution >= 0.6 is 11.3 Å². The van der Waals surface area contributed by atoms with Crippen molar-refractivity contribution in [3.8, 4) is 5.75 Å². The second kappa shape index (κ2) is 10.6. The SMILES string of the molecule is CCCCN1CC=C(c2csc3cc(OCC)ccc23)CC1.O=S(=O)(O)C(F)(F)F. The summed E-state index contributed by atoms with van der Waals surface area (Å²) in [6.45, 7) is 8.55. The Morgan fingerprint density at radius 2 is 1.97 bits per heavy atom. The van der Waals surface area contributed by atoms with Crippen molar-refractivity contribution in [1.82, 2.24) is 4.90 Å². The Kier molecular flexibility index (Phi) is 8.72. The Morgan fingerprint density at radius 1 is 1.27 bits per heavy atom. The average molecular weight is 466 g/mol. The van der Waals surface area contributed by atoms with E-state index in [1.54, 1.807) is 0 Å². The number of halogens is 3. The summed E-state index contributed by atoms with van der Waals surface area (Å²) in [7, 11) is -5.84. The van der Waals surface area contributed by atoms with Gasteiger partial charge in [-0.2, -0.15) is 21.6 Å². The minimum atomic E-state index is -5.84. The molecule has 0 atom stereocenters. The third-order valence-electron chi connectivity index (χ3n) is 4.62. The van der Waals surface area contributed by atoms with Crippen LogP contribution in [-0.2, 0) is 10.1 Å². The van der Waals surface area contributed by atoms with Crippen LogP contribution in [0, 0.1) is 0 Å². The number of hydrogen-bond donors (Lipinski definition) is 1. The summed E-state index contributed by atoms with van der Waals surface area (Å²) in [4.78, 5) is 2.56. The molecule has 1 N–H and O–H groups in total. The van der Waals surface area contributed by atoms with Crippen LogP contribution in [-0.4, -0.2) is 49.6 Å². The molecule has 1 aromatic heterocycles. The first-order valence-corrected chi connectivity index (χ1v) is 12.0. The number of rotatable bonds is 6. The maximum absolute atomic E-state index is 10.7. The van der Waals surface area contributed by atoms with Crippen LogP contribution < -0.4 is 4.74 Å². The summed E-state index contributed by atoms with van der Waals surface area (Å²) in [6, 6.07) is 6.49. The molecule has 1 aliphatic heterocycles. The Hall–Kier alpha value is -1.62. The first kappa shape index (κ1) is 24.6. The van der Waals surface area contributed by atoms with Gasteiger partial charge in [0.15, 0.2) is 0 Å². The van der Waals surface area contributed by atoms with Crippen LogP contribution in [0.25, 0.3) is 15.7 Å². The van der Waals surface area contributed by atoms with Gasteiger partial charge in [-0.05, 0) is 61.0 Å². The number of alkyl halides is 3. The van der Waals surface area contributed by atoms with E-state index in [4.69, 9.17) is 17.7 Å². The summed E-state index contributed by atoms with van der Waals surface area (Å²) in [5.74, 6) is 0.978. The van der Waals surface area contributed by atoms with Gasteiger partial charge in [-0.25, -0.2) is 0 Å². The normalized spacial score (nSPS) is 15.5. The van der Waals surface area contributed by atoms with Gasteiger partial charge in [-0.15, -0.1) is 11.3 Å². The number of hydrogen-bond acceptors (Lipinski definition) is 5. The van der Waals surface area contributed by atoms with Crippen molar-refractivity contribution < 1.29 is 30.9 Å². The zero-order valence-corrected chi connectivity index (χ0v) is 18.5. The molecule has 2 aromatic rings. The third-order valence-corrected chi connectivity index (χ3v) is 6.15. The molecule has 10 heteroatoms. The monoisotopic (exact) mass is 465 g/mol. The van der Waals surface area contributed by atoms with Crippen LogP contribution in [0.15, 0.2) is 29.7 Å². The second-order valence-electron chi connectivity index (χ2n) is 6.79. The van der Waals surface area contributed by atoms with Crippen LogP contribution in [0.5, 0.6) is 5.75 Å². The van der Waals surface area contributed by atoms with E-state index in [0.717, 1.165) is 18.9 Å². The molecule has 168 valence electrons. The maximum Gasteiger partial charge on any atom is 0.522 e. The number of unbranched alkanes of at least 4 members (excludes halogenated alkanes) is 1. The van der Waals surface area contributed by atoms with Crippen LogP contribution in [0.3, 0.4) is 0 Å². The van der Waals surface area contributed by atoms with E-state index >= 15 is 0 Å². The highest BCUT2D eigenvalue weighted by Gasteiger charge is 2.44. The summed E-state index contributed by atoms with van der Waals surface area (Å²) in [5, 5.41) is 3.69. The zero-order chi connectivity index (χ0) is 22.4. The molecular weight excluding hydrogens is 439 g/mol. The Labute approximate surface area is 178 Å². The third kappa shape index (κ3) is 6.69. The van der Waals surface area contributed by atoms with E-state index in [-0.39, 0.29) is 0 Å². The van der Waals surface area contributed by atoms with Gasteiger partial charge in [0.2, 0.25) is 0 Å². The Balaban J connectivity index is 0.000000343. The Bertz CT molecular complexity index is 968. The highest BCUT2D eigenvalue weighted by Crippen LogP contribution is 2.35. The Morgan fingerprint density at radius 3 is 2.50 bits per heavy atom. The standard InChI is InChI=1S/C19H25NOS.CHF3O3S/c1-3-5-10-20-11-8-15(9-12-20)18-14-22-19-13-16(21-4-2)6-7-17(18)19;2-1(3,4)8(5,6)7/h6-8,13-14H,3-5,9-12H2,1-2H3;(H,5,6,7). The molecule has 0 saturated carbocycles. The van der Waals surface area contributed by atoms with Crippen molar-refractivity contribution in [3.05, 3.63) is 35.2 Å². The average Bonchev–Trinajstić information content (AvgIpc) is 3.09. The van der Waals surface area contributed by atoms with Gasteiger partial charge in [0.25, 0.3) is 0 Å². The van der Waals surface area contributed by atoms with E-state index in [2.05, 4.69) is 41.5 Å². The lowest BCUT2D eigenvalue weighted by Crippen LogP contribution is -2.29. The van der Waals surface area contributed by atoms with Crippen molar-refractivity contribution in [2.45, 2.75) is 38.6 Å². The van der Waals surface area contributed by atoms with Gasteiger partial charge in [-0.1, -0.05) is 19.4 Å². The first-order chi connectivity index (χ1) is 14.1. The van der Waals surface area contributed by atoms with Crippen LogP contribution in [0.4, 0.5) is 13.2 Å². The van der Waals surface area contributed by atoms with E-state index < -0.39 is 15.6 Å². The molecule has 0 amide bonds. The number of nitrogens with zero attached hydrogens (tertiary/aromatic N) is 1. The van der Waals surface area contributed by atoms with Gasteiger partial charge in [-0.3, -0.25) is 9.45 Å². The second-order valence-corrected chi connectivity index (χ2v) is 9.12. The van der Waals surface area contributed by atoms with Crippen molar-refractivity contribution in [3.63, 3.8) is 0 Å². The predicted molar refractivity (Wildman–Crippen MR) is 115 cm³/mol. The summed E-state index contributed by atoms with van der Waals surface area (Å²) in [5.41, 5.74) is -2.59. The smallest absolute Gasteiger partial charge is 0.494 e. The lowest BCUT2D eigenvalue weighted by atomic mass is 9.99.